The van der Waals surface area contributed by atoms with E-state index in [1.165, 1.54) is 24.3 Å². The van der Waals surface area contributed by atoms with Crippen molar-refractivity contribution in [1.29, 1.82) is 0 Å². The Morgan fingerprint density at radius 2 is 1.73 bits per heavy atom. The molecule has 0 amide bonds. The third kappa shape index (κ3) is 3.21. The summed E-state index contributed by atoms with van der Waals surface area (Å²) in [6, 6.07) is 18.6. The molecule has 0 bridgehead atoms. The quantitative estimate of drug-likeness (QED) is 0.504. The smallest absolute Gasteiger partial charge is 0.224 e. The van der Waals surface area contributed by atoms with E-state index >= 15 is 0 Å². The molecule has 0 aliphatic carbocycles. The van der Waals surface area contributed by atoms with E-state index in [9.17, 15) is 8.42 Å². The number of fused-ring (bicyclic) bond motifs is 1. The second-order valence-corrected chi connectivity index (χ2v) is 8.68. The van der Waals surface area contributed by atoms with Crippen molar-refractivity contribution in [2.45, 2.75) is 14.8 Å². The first kappa shape index (κ1) is 16.7. The number of hydrogen-bond acceptors (Lipinski definition) is 6. The molecule has 0 unspecified atom stereocenters. The molecular formula is C18H14N4O2S2. The van der Waals surface area contributed by atoms with E-state index in [4.69, 9.17) is 0 Å². The molecule has 0 radical (unpaired) electrons. The van der Waals surface area contributed by atoms with Crippen molar-refractivity contribution >= 4 is 27.4 Å². The number of sulfone groups is 1. The van der Waals surface area contributed by atoms with Crippen LogP contribution in [0.1, 0.15) is 0 Å². The Hall–Kier alpha value is -2.71. The van der Waals surface area contributed by atoms with Gasteiger partial charge in [0.15, 0.2) is 9.84 Å². The minimum atomic E-state index is -3.34. The van der Waals surface area contributed by atoms with E-state index in [2.05, 4.69) is 15.1 Å². The summed E-state index contributed by atoms with van der Waals surface area (Å²) in [6.45, 7) is 0. The SMILES string of the molecule is CS(=O)(=O)c1ccccc1Sc1cc(-c2ccccc2)nc2ncnn12. The summed E-state index contributed by atoms with van der Waals surface area (Å²) >= 11 is 1.33. The number of nitrogens with zero attached hydrogens (tertiary/aromatic N) is 4. The van der Waals surface area contributed by atoms with E-state index in [0.29, 0.717) is 10.7 Å². The average molecular weight is 382 g/mol. The molecule has 0 N–H and O–H groups in total. The third-order valence-electron chi connectivity index (χ3n) is 3.75. The molecule has 0 aliphatic heterocycles. The second-order valence-electron chi connectivity index (χ2n) is 5.64. The Bertz CT molecular complexity index is 1190. The second kappa shape index (κ2) is 6.54. The van der Waals surface area contributed by atoms with Gasteiger partial charge in [-0.3, -0.25) is 0 Å². The summed E-state index contributed by atoms with van der Waals surface area (Å²) in [5.74, 6) is 0.464. The highest BCUT2D eigenvalue weighted by atomic mass is 32.2. The molecule has 0 spiro atoms. The molecule has 8 heteroatoms. The van der Waals surface area contributed by atoms with Crippen LogP contribution in [0.4, 0.5) is 0 Å². The molecule has 0 aliphatic rings. The summed E-state index contributed by atoms with van der Waals surface area (Å²) in [5.41, 5.74) is 1.71. The largest absolute Gasteiger partial charge is 0.253 e. The summed E-state index contributed by atoms with van der Waals surface area (Å²) in [6.07, 6.45) is 2.64. The summed E-state index contributed by atoms with van der Waals surface area (Å²) in [7, 11) is -3.34. The van der Waals surface area contributed by atoms with Crippen molar-refractivity contribution in [2.75, 3.05) is 6.26 Å². The molecule has 0 saturated carbocycles. The number of benzene rings is 2. The maximum Gasteiger partial charge on any atom is 0.253 e. The zero-order valence-corrected chi connectivity index (χ0v) is 15.4. The van der Waals surface area contributed by atoms with Gasteiger partial charge in [0.05, 0.1) is 10.6 Å². The van der Waals surface area contributed by atoms with Crippen LogP contribution >= 0.6 is 11.8 Å². The van der Waals surface area contributed by atoms with Crippen LogP contribution in [0.25, 0.3) is 17.0 Å². The van der Waals surface area contributed by atoms with Crippen molar-refractivity contribution in [1.82, 2.24) is 19.6 Å². The van der Waals surface area contributed by atoms with Crippen LogP contribution in [-0.2, 0) is 9.84 Å². The maximum absolute atomic E-state index is 12.1. The molecule has 130 valence electrons. The van der Waals surface area contributed by atoms with Crippen LogP contribution in [0.5, 0.6) is 0 Å². The Balaban J connectivity index is 1.87. The van der Waals surface area contributed by atoms with Crippen molar-refractivity contribution in [3.8, 4) is 11.3 Å². The normalized spacial score (nSPS) is 11.7. The van der Waals surface area contributed by atoms with Gasteiger partial charge in [0, 0.05) is 16.7 Å². The highest BCUT2D eigenvalue weighted by Gasteiger charge is 2.16. The Labute approximate surface area is 154 Å². The predicted octanol–water partition coefficient (Wildman–Crippen LogP) is 3.35. The van der Waals surface area contributed by atoms with Gasteiger partial charge in [-0.2, -0.15) is 14.6 Å². The van der Waals surface area contributed by atoms with Gasteiger partial charge in [0.1, 0.15) is 11.4 Å². The molecule has 2 aromatic carbocycles. The summed E-state index contributed by atoms with van der Waals surface area (Å²) in [5, 5.41) is 4.95. The van der Waals surface area contributed by atoms with Crippen molar-refractivity contribution in [3.05, 3.63) is 67.0 Å². The lowest BCUT2D eigenvalue weighted by Crippen LogP contribution is -2.01. The van der Waals surface area contributed by atoms with E-state index in [0.717, 1.165) is 16.3 Å². The standard InChI is InChI=1S/C18H14N4O2S2/c1-26(23,24)16-10-6-5-9-15(16)25-17-11-14(13-7-3-2-4-8-13)21-18-19-12-20-22(17)18/h2-12H,1H3. The molecule has 0 atom stereocenters. The van der Waals surface area contributed by atoms with Crippen LogP contribution in [0.3, 0.4) is 0 Å². The molecule has 4 rings (SSSR count). The van der Waals surface area contributed by atoms with Gasteiger partial charge in [0.2, 0.25) is 0 Å². The zero-order valence-electron chi connectivity index (χ0n) is 13.8. The minimum Gasteiger partial charge on any atom is -0.224 e. The molecule has 26 heavy (non-hydrogen) atoms. The van der Waals surface area contributed by atoms with Gasteiger partial charge in [-0.25, -0.2) is 13.4 Å². The summed E-state index contributed by atoms with van der Waals surface area (Å²) in [4.78, 5) is 9.65. The molecule has 4 aromatic rings. The molecule has 0 fully saturated rings. The van der Waals surface area contributed by atoms with Gasteiger partial charge in [0.25, 0.3) is 5.78 Å². The topological polar surface area (TPSA) is 77.2 Å². The Morgan fingerprint density at radius 3 is 2.50 bits per heavy atom. The number of aromatic nitrogens is 4. The number of rotatable bonds is 4. The Morgan fingerprint density at radius 1 is 1.00 bits per heavy atom. The van der Waals surface area contributed by atoms with E-state index < -0.39 is 9.84 Å². The lowest BCUT2D eigenvalue weighted by Gasteiger charge is -2.10. The van der Waals surface area contributed by atoms with Crippen LogP contribution in [0.15, 0.2) is 81.8 Å². The van der Waals surface area contributed by atoms with Gasteiger partial charge >= 0.3 is 0 Å². The lowest BCUT2D eigenvalue weighted by molar-refractivity contribution is 0.600. The highest BCUT2D eigenvalue weighted by Crippen LogP contribution is 2.34. The molecule has 2 aromatic heterocycles. The summed E-state index contributed by atoms with van der Waals surface area (Å²) < 4.78 is 25.8. The zero-order chi connectivity index (χ0) is 18.1. The maximum atomic E-state index is 12.1. The lowest BCUT2D eigenvalue weighted by atomic mass is 10.1. The first-order valence-corrected chi connectivity index (χ1v) is 10.5. The average Bonchev–Trinajstić information content (AvgIpc) is 3.11. The van der Waals surface area contributed by atoms with Gasteiger partial charge in [-0.15, -0.1) is 0 Å². The first-order valence-electron chi connectivity index (χ1n) is 7.75. The predicted molar refractivity (Wildman–Crippen MR) is 99.9 cm³/mol. The van der Waals surface area contributed by atoms with Crippen LogP contribution in [0, 0.1) is 0 Å². The fraction of sp³-hybridized carbons (Fsp3) is 0.0556. The van der Waals surface area contributed by atoms with E-state index in [1.54, 1.807) is 22.7 Å². The number of hydrogen-bond donors (Lipinski definition) is 0. The van der Waals surface area contributed by atoms with Crippen molar-refractivity contribution in [2.24, 2.45) is 0 Å². The van der Waals surface area contributed by atoms with Crippen molar-refractivity contribution < 1.29 is 8.42 Å². The highest BCUT2D eigenvalue weighted by molar-refractivity contribution is 8.00. The fourth-order valence-electron chi connectivity index (χ4n) is 2.57. The fourth-order valence-corrected chi connectivity index (χ4v) is 4.83. The third-order valence-corrected chi connectivity index (χ3v) is 6.11. The Kier molecular flexibility index (Phi) is 4.21. The first-order chi connectivity index (χ1) is 12.5. The van der Waals surface area contributed by atoms with Crippen LogP contribution in [0.2, 0.25) is 0 Å². The molecular weight excluding hydrogens is 368 g/mol. The van der Waals surface area contributed by atoms with Gasteiger partial charge in [-0.05, 0) is 18.2 Å². The van der Waals surface area contributed by atoms with E-state index in [1.807, 2.05) is 42.5 Å². The molecule has 0 saturated heterocycles. The van der Waals surface area contributed by atoms with Crippen molar-refractivity contribution in [3.63, 3.8) is 0 Å². The molecule has 2 heterocycles. The van der Waals surface area contributed by atoms with E-state index in [-0.39, 0.29) is 4.90 Å². The van der Waals surface area contributed by atoms with Gasteiger partial charge < -0.3 is 0 Å². The van der Waals surface area contributed by atoms with Gasteiger partial charge in [-0.1, -0.05) is 54.2 Å². The van der Waals surface area contributed by atoms with Crippen LogP contribution < -0.4 is 0 Å². The monoisotopic (exact) mass is 382 g/mol. The minimum absolute atomic E-state index is 0.288. The van der Waals surface area contributed by atoms with Crippen LogP contribution in [-0.4, -0.2) is 34.3 Å². The molecule has 6 nitrogen and oxygen atoms in total.